The largest absolute Gasteiger partial charge is 0.490 e. The third-order valence-corrected chi connectivity index (χ3v) is 3.45. The Morgan fingerprint density at radius 2 is 1.96 bits per heavy atom. The number of hydrogen-bond donors (Lipinski definition) is 0. The van der Waals surface area contributed by atoms with Gasteiger partial charge >= 0.3 is 5.97 Å². The molecule has 0 spiro atoms. The first-order valence-corrected chi connectivity index (χ1v) is 7.70. The Morgan fingerprint density at radius 1 is 1.12 bits per heavy atom. The lowest BCUT2D eigenvalue weighted by atomic mass is 10.2. The summed E-state index contributed by atoms with van der Waals surface area (Å²) in [7, 11) is 0. The first-order valence-electron chi connectivity index (χ1n) is 7.70. The molecule has 0 N–H and O–H groups in total. The van der Waals surface area contributed by atoms with E-state index in [0.29, 0.717) is 30.3 Å². The first kappa shape index (κ1) is 16.1. The smallest absolute Gasteiger partial charge is 0.331 e. The minimum absolute atomic E-state index is 0.0298. The third kappa shape index (κ3) is 4.35. The van der Waals surface area contributed by atoms with E-state index in [9.17, 15) is 9.18 Å². The molecule has 2 aromatic carbocycles. The third-order valence-electron chi connectivity index (χ3n) is 3.45. The fourth-order valence-electron chi connectivity index (χ4n) is 2.28. The molecule has 124 valence electrons. The maximum atomic E-state index is 13.1. The zero-order valence-electron chi connectivity index (χ0n) is 13.0. The molecule has 0 aromatic heterocycles. The summed E-state index contributed by atoms with van der Waals surface area (Å²) in [5.41, 5.74) is 1.41. The summed E-state index contributed by atoms with van der Waals surface area (Å²) in [5.74, 6) is 0.527. The monoisotopic (exact) mass is 328 g/mol. The minimum atomic E-state index is -0.494. The van der Waals surface area contributed by atoms with Gasteiger partial charge in [-0.3, -0.25) is 0 Å². The summed E-state index contributed by atoms with van der Waals surface area (Å²) >= 11 is 0. The predicted molar refractivity (Wildman–Crippen MR) is 87.3 cm³/mol. The maximum absolute atomic E-state index is 13.1. The second-order valence-electron chi connectivity index (χ2n) is 5.33. The Kier molecular flexibility index (Phi) is 5.11. The Labute approximate surface area is 139 Å². The van der Waals surface area contributed by atoms with Gasteiger partial charge in [0.2, 0.25) is 0 Å². The molecular formula is C19H17FO4. The molecule has 1 aliphatic rings. The van der Waals surface area contributed by atoms with Crippen molar-refractivity contribution in [2.24, 2.45) is 0 Å². The lowest BCUT2D eigenvalue weighted by Crippen LogP contribution is -2.01. The quantitative estimate of drug-likeness (QED) is 0.633. The van der Waals surface area contributed by atoms with Crippen molar-refractivity contribution in [1.82, 2.24) is 0 Å². The SMILES string of the molecule is O=C(/C=C/c1ccc2c(c1)OCCCO2)OCc1cccc(F)c1. The van der Waals surface area contributed by atoms with E-state index in [1.165, 1.54) is 18.2 Å². The van der Waals surface area contributed by atoms with Crippen molar-refractivity contribution in [3.8, 4) is 11.5 Å². The Morgan fingerprint density at radius 3 is 2.79 bits per heavy atom. The van der Waals surface area contributed by atoms with Gasteiger partial charge in [-0.15, -0.1) is 0 Å². The fraction of sp³-hybridized carbons (Fsp3) is 0.211. The van der Waals surface area contributed by atoms with E-state index >= 15 is 0 Å². The van der Waals surface area contributed by atoms with Crippen molar-refractivity contribution in [2.75, 3.05) is 13.2 Å². The number of carbonyl (C=O) groups excluding carboxylic acids is 1. The molecule has 0 fully saturated rings. The molecule has 0 saturated carbocycles. The molecule has 3 rings (SSSR count). The molecule has 0 atom stereocenters. The highest BCUT2D eigenvalue weighted by molar-refractivity contribution is 5.87. The van der Waals surface area contributed by atoms with Crippen LogP contribution in [0, 0.1) is 5.82 Å². The number of esters is 1. The average Bonchev–Trinajstić information content (AvgIpc) is 2.83. The van der Waals surface area contributed by atoms with Crippen molar-refractivity contribution in [1.29, 1.82) is 0 Å². The zero-order chi connectivity index (χ0) is 16.8. The average molecular weight is 328 g/mol. The van der Waals surface area contributed by atoms with Crippen LogP contribution in [-0.2, 0) is 16.1 Å². The van der Waals surface area contributed by atoms with Gasteiger partial charge in [0.05, 0.1) is 13.2 Å². The Balaban J connectivity index is 1.59. The number of halogens is 1. The van der Waals surface area contributed by atoms with Gasteiger partial charge in [-0.05, 0) is 41.5 Å². The second-order valence-corrected chi connectivity index (χ2v) is 5.33. The van der Waals surface area contributed by atoms with Crippen LogP contribution < -0.4 is 9.47 Å². The summed E-state index contributed by atoms with van der Waals surface area (Å²) in [6.45, 7) is 1.27. The van der Waals surface area contributed by atoms with Crippen molar-refractivity contribution in [2.45, 2.75) is 13.0 Å². The van der Waals surface area contributed by atoms with Gasteiger partial charge in [-0.2, -0.15) is 0 Å². The highest BCUT2D eigenvalue weighted by atomic mass is 19.1. The number of rotatable bonds is 4. The molecule has 0 bridgehead atoms. The van der Waals surface area contributed by atoms with E-state index in [-0.39, 0.29) is 12.4 Å². The molecule has 0 unspecified atom stereocenters. The Hall–Kier alpha value is -2.82. The maximum Gasteiger partial charge on any atom is 0.331 e. The molecule has 1 aliphatic heterocycles. The molecule has 24 heavy (non-hydrogen) atoms. The highest BCUT2D eigenvalue weighted by Crippen LogP contribution is 2.30. The van der Waals surface area contributed by atoms with E-state index < -0.39 is 5.97 Å². The van der Waals surface area contributed by atoms with E-state index in [4.69, 9.17) is 14.2 Å². The van der Waals surface area contributed by atoms with Gasteiger partial charge in [-0.1, -0.05) is 18.2 Å². The van der Waals surface area contributed by atoms with Crippen LogP contribution in [-0.4, -0.2) is 19.2 Å². The van der Waals surface area contributed by atoms with Crippen LogP contribution in [0.15, 0.2) is 48.5 Å². The fourth-order valence-corrected chi connectivity index (χ4v) is 2.28. The molecule has 4 nitrogen and oxygen atoms in total. The van der Waals surface area contributed by atoms with Crippen LogP contribution in [0.2, 0.25) is 0 Å². The first-order chi connectivity index (χ1) is 11.7. The van der Waals surface area contributed by atoms with Gasteiger partial charge in [0, 0.05) is 12.5 Å². The van der Waals surface area contributed by atoms with Gasteiger partial charge < -0.3 is 14.2 Å². The standard InChI is InChI=1S/C19H17FO4/c20-16-4-1-3-15(11-16)13-24-19(21)8-6-14-5-7-17-18(12-14)23-10-2-9-22-17/h1,3-8,11-12H,2,9-10,13H2/b8-6+. The minimum Gasteiger partial charge on any atom is -0.490 e. The van der Waals surface area contributed by atoms with Crippen molar-refractivity contribution in [3.63, 3.8) is 0 Å². The summed E-state index contributed by atoms with van der Waals surface area (Å²) in [5, 5.41) is 0. The molecule has 0 aliphatic carbocycles. The van der Waals surface area contributed by atoms with Gasteiger partial charge in [-0.25, -0.2) is 9.18 Å². The lowest BCUT2D eigenvalue weighted by Gasteiger charge is -2.07. The van der Waals surface area contributed by atoms with Crippen LogP contribution in [0.4, 0.5) is 4.39 Å². The number of fused-ring (bicyclic) bond motifs is 1. The van der Waals surface area contributed by atoms with E-state index in [1.54, 1.807) is 18.2 Å². The molecule has 5 heteroatoms. The summed E-state index contributed by atoms with van der Waals surface area (Å²) in [6.07, 6.45) is 3.81. The molecule has 2 aromatic rings. The van der Waals surface area contributed by atoms with Crippen molar-refractivity contribution >= 4 is 12.0 Å². The topological polar surface area (TPSA) is 44.8 Å². The number of carbonyl (C=O) groups is 1. The number of hydrogen-bond acceptors (Lipinski definition) is 4. The van der Waals surface area contributed by atoms with Crippen LogP contribution in [0.1, 0.15) is 17.5 Å². The molecule has 0 saturated heterocycles. The predicted octanol–water partition coefficient (Wildman–Crippen LogP) is 3.74. The van der Waals surface area contributed by atoms with E-state index in [1.807, 2.05) is 18.2 Å². The normalized spacial score (nSPS) is 13.5. The summed E-state index contributed by atoms with van der Waals surface area (Å²) < 4.78 is 29.3. The van der Waals surface area contributed by atoms with Crippen LogP contribution in [0.5, 0.6) is 11.5 Å². The highest BCUT2D eigenvalue weighted by Gasteiger charge is 2.10. The Bertz CT molecular complexity index is 755. The lowest BCUT2D eigenvalue weighted by molar-refractivity contribution is -0.138. The molecule has 1 heterocycles. The van der Waals surface area contributed by atoms with Gasteiger partial charge in [0.25, 0.3) is 0 Å². The van der Waals surface area contributed by atoms with Crippen molar-refractivity contribution in [3.05, 3.63) is 65.5 Å². The number of ether oxygens (including phenoxy) is 3. The van der Waals surface area contributed by atoms with Crippen LogP contribution >= 0.6 is 0 Å². The van der Waals surface area contributed by atoms with Gasteiger partial charge in [0.15, 0.2) is 11.5 Å². The summed E-state index contributed by atoms with van der Waals surface area (Å²) in [4.78, 5) is 11.8. The molecular weight excluding hydrogens is 311 g/mol. The van der Waals surface area contributed by atoms with Gasteiger partial charge in [0.1, 0.15) is 12.4 Å². The van der Waals surface area contributed by atoms with E-state index in [0.717, 1.165) is 12.0 Å². The number of benzene rings is 2. The van der Waals surface area contributed by atoms with Crippen LogP contribution in [0.3, 0.4) is 0 Å². The van der Waals surface area contributed by atoms with E-state index in [2.05, 4.69) is 0 Å². The molecule has 0 amide bonds. The second kappa shape index (κ2) is 7.64. The molecule has 0 radical (unpaired) electrons. The van der Waals surface area contributed by atoms with Crippen LogP contribution in [0.25, 0.3) is 6.08 Å². The zero-order valence-corrected chi connectivity index (χ0v) is 13.0. The summed E-state index contributed by atoms with van der Waals surface area (Å²) in [6, 6.07) is 11.4. The van der Waals surface area contributed by atoms with Crippen molar-refractivity contribution < 1.29 is 23.4 Å².